The molecule has 1 saturated heterocycles. The molecule has 1 aromatic heterocycles. The first-order valence-corrected chi connectivity index (χ1v) is 9.92. The van der Waals surface area contributed by atoms with Gasteiger partial charge >= 0.3 is 6.09 Å². The monoisotopic (exact) mass is 397 g/mol. The first kappa shape index (κ1) is 20.7. The van der Waals surface area contributed by atoms with Crippen LogP contribution in [0.1, 0.15) is 65.0 Å². The maximum absolute atomic E-state index is 12.8. The van der Waals surface area contributed by atoms with E-state index < -0.39 is 23.3 Å². The van der Waals surface area contributed by atoms with Crippen LogP contribution in [0, 0.1) is 11.3 Å². The summed E-state index contributed by atoms with van der Waals surface area (Å²) < 4.78 is 32.5. The van der Waals surface area contributed by atoms with E-state index in [1.807, 2.05) is 20.8 Å². The molecule has 2 fully saturated rings. The Morgan fingerprint density at radius 2 is 2.04 bits per heavy atom. The molecule has 6 nitrogen and oxygen atoms in total. The Hall–Kier alpha value is -1.99. The van der Waals surface area contributed by atoms with Crippen molar-refractivity contribution in [2.45, 2.75) is 71.4 Å². The Bertz CT molecular complexity index is 767. The molecule has 0 aromatic carbocycles. The average molecular weight is 397 g/mol. The molecule has 28 heavy (non-hydrogen) atoms. The van der Waals surface area contributed by atoms with Gasteiger partial charge in [0.25, 0.3) is 12.0 Å². The van der Waals surface area contributed by atoms with Crippen molar-refractivity contribution in [3.63, 3.8) is 0 Å². The van der Waals surface area contributed by atoms with Gasteiger partial charge in [-0.05, 0) is 51.4 Å². The predicted octanol–water partition coefficient (Wildman–Crippen LogP) is 4.00. The Balaban J connectivity index is 1.76. The molecule has 1 aliphatic carbocycles. The van der Waals surface area contributed by atoms with Crippen LogP contribution >= 0.6 is 0 Å². The van der Waals surface area contributed by atoms with Crippen molar-refractivity contribution in [2.75, 3.05) is 13.1 Å². The number of piperidine rings is 1. The highest BCUT2D eigenvalue weighted by atomic mass is 19.3. The van der Waals surface area contributed by atoms with Gasteiger partial charge in [-0.2, -0.15) is 0 Å². The third-order valence-corrected chi connectivity index (χ3v) is 5.91. The number of likely N-dealkylation sites (tertiary alicyclic amines) is 1. The summed E-state index contributed by atoms with van der Waals surface area (Å²) in [5.41, 5.74) is -1.54. The first-order chi connectivity index (χ1) is 13.1. The number of carbonyl (C=O) groups is 1. The van der Waals surface area contributed by atoms with E-state index in [-0.39, 0.29) is 17.4 Å². The quantitative estimate of drug-likeness (QED) is 0.773. The van der Waals surface area contributed by atoms with Crippen LogP contribution in [0.15, 0.2) is 17.2 Å². The lowest BCUT2D eigenvalue weighted by Crippen LogP contribution is -2.52. The van der Waals surface area contributed by atoms with Crippen molar-refractivity contribution < 1.29 is 18.3 Å². The van der Waals surface area contributed by atoms with Crippen molar-refractivity contribution in [3.05, 3.63) is 28.4 Å². The van der Waals surface area contributed by atoms with Gasteiger partial charge in [0.1, 0.15) is 11.3 Å². The minimum absolute atomic E-state index is 0.0595. The molecule has 0 radical (unpaired) electrons. The molecule has 156 valence electrons. The standard InChI is InChI=1S/C20H29F2N3O3/c1-19(2,3)28-18(27)24-9-6-14(20(12-24)7-4-5-8-20)11-25-13-23-15(17(21)22)10-16(25)26/h10,13-14,17H,4-9,11-12H2,1-3H3. The fraction of sp³-hybridized carbons (Fsp3) is 0.750. The van der Waals surface area contributed by atoms with E-state index >= 15 is 0 Å². The first-order valence-electron chi connectivity index (χ1n) is 9.92. The number of carbonyl (C=O) groups excluding carboxylic acids is 1. The minimum Gasteiger partial charge on any atom is -0.444 e. The highest BCUT2D eigenvalue weighted by molar-refractivity contribution is 5.68. The second kappa shape index (κ2) is 7.79. The van der Waals surface area contributed by atoms with Crippen LogP contribution in [0.5, 0.6) is 0 Å². The van der Waals surface area contributed by atoms with Crippen LogP contribution in [0.4, 0.5) is 13.6 Å². The number of nitrogens with zero attached hydrogens (tertiary/aromatic N) is 3. The lowest BCUT2D eigenvalue weighted by Gasteiger charge is -2.46. The summed E-state index contributed by atoms with van der Waals surface area (Å²) in [7, 11) is 0. The predicted molar refractivity (Wildman–Crippen MR) is 100 cm³/mol. The Morgan fingerprint density at radius 1 is 1.36 bits per heavy atom. The fourth-order valence-electron chi connectivity index (χ4n) is 4.55. The van der Waals surface area contributed by atoms with E-state index in [2.05, 4.69) is 4.98 Å². The van der Waals surface area contributed by atoms with Crippen LogP contribution in [-0.2, 0) is 11.3 Å². The summed E-state index contributed by atoms with van der Waals surface area (Å²) in [5, 5.41) is 0. The van der Waals surface area contributed by atoms with Gasteiger partial charge in [0.05, 0.1) is 6.33 Å². The van der Waals surface area contributed by atoms with Crippen LogP contribution in [-0.4, -0.2) is 39.2 Å². The van der Waals surface area contributed by atoms with Crippen molar-refractivity contribution in [1.82, 2.24) is 14.5 Å². The molecule has 8 heteroatoms. The second-order valence-corrected chi connectivity index (χ2v) is 9.06. The Morgan fingerprint density at radius 3 is 2.61 bits per heavy atom. The van der Waals surface area contributed by atoms with Crippen molar-refractivity contribution in [1.29, 1.82) is 0 Å². The molecule has 0 N–H and O–H groups in total. The molecule has 1 unspecified atom stereocenters. The molecule has 2 heterocycles. The molecule has 1 aromatic rings. The number of hydrogen-bond acceptors (Lipinski definition) is 4. The number of hydrogen-bond donors (Lipinski definition) is 0. The van der Waals surface area contributed by atoms with E-state index in [4.69, 9.17) is 4.74 Å². The number of alkyl halides is 2. The summed E-state index contributed by atoms with van der Waals surface area (Å²) in [6.45, 7) is 7.18. The molecule has 2 aliphatic rings. The van der Waals surface area contributed by atoms with Crippen molar-refractivity contribution in [2.24, 2.45) is 11.3 Å². The smallest absolute Gasteiger partial charge is 0.410 e. The van der Waals surface area contributed by atoms with E-state index in [1.54, 1.807) is 4.90 Å². The molecule has 1 aliphatic heterocycles. The molecule has 1 atom stereocenters. The van der Waals surface area contributed by atoms with Gasteiger partial charge in [0.15, 0.2) is 0 Å². The fourth-order valence-corrected chi connectivity index (χ4v) is 4.55. The zero-order valence-corrected chi connectivity index (χ0v) is 16.8. The highest BCUT2D eigenvalue weighted by Gasteiger charge is 2.46. The average Bonchev–Trinajstić information content (AvgIpc) is 3.05. The number of halogens is 2. The zero-order valence-electron chi connectivity index (χ0n) is 16.8. The number of amides is 1. The van der Waals surface area contributed by atoms with Crippen LogP contribution in [0.25, 0.3) is 0 Å². The van der Waals surface area contributed by atoms with Gasteiger partial charge < -0.3 is 9.64 Å². The summed E-state index contributed by atoms with van der Waals surface area (Å²) in [6.07, 6.45) is 3.11. The number of ether oxygens (including phenoxy) is 1. The third-order valence-electron chi connectivity index (χ3n) is 5.91. The van der Waals surface area contributed by atoms with Crippen molar-refractivity contribution >= 4 is 6.09 Å². The van der Waals surface area contributed by atoms with Gasteiger partial charge in [-0.1, -0.05) is 12.8 Å². The normalized spacial score (nSPS) is 22.1. The summed E-state index contributed by atoms with van der Waals surface area (Å²) in [4.78, 5) is 30.3. The molecular weight excluding hydrogens is 368 g/mol. The second-order valence-electron chi connectivity index (χ2n) is 9.06. The zero-order chi connectivity index (χ0) is 20.5. The molecule has 1 amide bonds. The van der Waals surface area contributed by atoms with E-state index in [1.165, 1.54) is 10.9 Å². The van der Waals surface area contributed by atoms with E-state index in [0.29, 0.717) is 19.6 Å². The van der Waals surface area contributed by atoms with Gasteiger partial charge in [0, 0.05) is 25.7 Å². The lowest BCUT2D eigenvalue weighted by molar-refractivity contribution is -0.0157. The van der Waals surface area contributed by atoms with Gasteiger partial charge in [0.2, 0.25) is 0 Å². The maximum Gasteiger partial charge on any atom is 0.410 e. The molecule has 3 rings (SSSR count). The van der Waals surface area contributed by atoms with Gasteiger partial charge in [-0.15, -0.1) is 0 Å². The molecule has 1 spiro atoms. The highest BCUT2D eigenvalue weighted by Crippen LogP contribution is 2.49. The Kier molecular flexibility index (Phi) is 5.77. The summed E-state index contributed by atoms with van der Waals surface area (Å²) in [6, 6.07) is 0.918. The third kappa shape index (κ3) is 4.52. The number of aromatic nitrogens is 2. The maximum atomic E-state index is 12.8. The van der Waals surface area contributed by atoms with E-state index in [9.17, 15) is 18.4 Å². The topological polar surface area (TPSA) is 64.4 Å². The molecule has 0 bridgehead atoms. The van der Waals surface area contributed by atoms with Crippen LogP contribution in [0.2, 0.25) is 0 Å². The summed E-state index contributed by atoms with van der Waals surface area (Å²) in [5.74, 6) is 0.200. The largest absolute Gasteiger partial charge is 0.444 e. The van der Waals surface area contributed by atoms with Crippen LogP contribution < -0.4 is 5.56 Å². The van der Waals surface area contributed by atoms with Crippen molar-refractivity contribution in [3.8, 4) is 0 Å². The summed E-state index contributed by atoms with van der Waals surface area (Å²) >= 11 is 0. The molecule has 1 saturated carbocycles. The SMILES string of the molecule is CC(C)(C)OC(=O)N1CCC(Cn2cnc(C(F)F)cc2=O)C2(CCCC2)C1. The van der Waals surface area contributed by atoms with Gasteiger partial charge in [-0.25, -0.2) is 18.6 Å². The minimum atomic E-state index is -2.75. The Labute approximate surface area is 163 Å². The van der Waals surface area contributed by atoms with E-state index in [0.717, 1.165) is 38.2 Å². The lowest BCUT2D eigenvalue weighted by atomic mass is 9.69. The number of rotatable bonds is 3. The molecular formula is C20H29F2N3O3. The van der Waals surface area contributed by atoms with Crippen LogP contribution in [0.3, 0.4) is 0 Å². The van der Waals surface area contributed by atoms with Gasteiger partial charge in [-0.3, -0.25) is 9.36 Å².